The molecule has 0 aliphatic heterocycles. The Morgan fingerprint density at radius 1 is 0.848 bits per heavy atom. The molecule has 0 radical (unpaired) electrons. The van der Waals surface area contributed by atoms with Crippen LogP contribution in [-0.2, 0) is 24.0 Å². The highest BCUT2D eigenvalue weighted by Crippen LogP contribution is 2.08. The lowest BCUT2D eigenvalue weighted by Gasteiger charge is -2.26. The van der Waals surface area contributed by atoms with Crippen LogP contribution in [0.1, 0.15) is 52.9 Å². The molecular formula is C20H38N6O7. The highest BCUT2D eigenvalue weighted by Gasteiger charge is 2.32. The van der Waals surface area contributed by atoms with Crippen molar-refractivity contribution in [2.45, 2.75) is 83.1 Å². The standard InChI is InChI=1S/C20H38N6O7/c1-10(2)8-13(17(29)24-12(20(32)33)6-4-5-7-21)25-18(30)14(9-15(22)28)26-19(31)16(23)11(3)27/h10-14,16,27H,4-9,21,23H2,1-3H3,(H2,22,28)(H,24,29)(H,25,30)(H,26,31)(H,32,33). The molecule has 0 heterocycles. The van der Waals surface area contributed by atoms with Gasteiger partial charge >= 0.3 is 5.97 Å². The van der Waals surface area contributed by atoms with E-state index in [0.29, 0.717) is 19.4 Å². The molecule has 13 nitrogen and oxygen atoms in total. The number of carboxylic acids is 1. The highest BCUT2D eigenvalue weighted by atomic mass is 16.4. The van der Waals surface area contributed by atoms with Gasteiger partial charge in [0.25, 0.3) is 0 Å². The molecule has 0 aliphatic carbocycles. The van der Waals surface area contributed by atoms with Crippen LogP contribution in [0.5, 0.6) is 0 Å². The maximum atomic E-state index is 12.8. The number of hydrogen-bond donors (Lipinski definition) is 8. The SMILES string of the molecule is CC(C)CC(NC(=O)C(CC(N)=O)NC(=O)C(N)C(C)O)C(=O)NC(CCCCN)C(=O)O. The van der Waals surface area contributed by atoms with Gasteiger partial charge < -0.3 is 43.4 Å². The summed E-state index contributed by atoms with van der Waals surface area (Å²) in [5, 5.41) is 26.0. The van der Waals surface area contributed by atoms with Crippen molar-refractivity contribution in [3.05, 3.63) is 0 Å². The van der Waals surface area contributed by atoms with Gasteiger partial charge in [-0.2, -0.15) is 0 Å². The Morgan fingerprint density at radius 3 is 1.82 bits per heavy atom. The van der Waals surface area contributed by atoms with Crippen LogP contribution in [-0.4, -0.2) is 76.6 Å². The second kappa shape index (κ2) is 15.1. The fourth-order valence-electron chi connectivity index (χ4n) is 2.90. The summed E-state index contributed by atoms with van der Waals surface area (Å²) in [5.41, 5.74) is 16.1. The number of unbranched alkanes of at least 4 members (excludes halogenated alkanes) is 1. The van der Waals surface area contributed by atoms with Gasteiger partial charge in [-0.15, -0.1) is 0 Å². The molecule has 33 heavy (non-hydrogen) atoms. The van der Waals surface area contributed by atoms with E-state index in [9.17, 15) is 34.2 Å². The fourth-order valence-corrected chi connectivity index (χ4v) is 2.90. The molecule has 5 atom stereocenters. The Bertz CT molecular complexity index is 686. The Kier molecular flexibility index (Phi) is 13.9. The lowest BCUT2D eigenvalue weighted by Crippen LogP contribution is -2.58. The molecule has 0 aromatic carbocycles. The first-order chi connectivity index (χ1) is 15.3. The van der Waals surface area contributed by atoms with Gasteiger partial charge in [0, 0.05) is 0 Å². The number of rotatable bonds is 16. The second-order valence-electron chi connectivity index (χ2n) is 8.37. The monoisotopic (exact) mass is 474 g/mol. The van der Waals surface area contributed by atoms with E-state index in [1.54, 1.807) is 13.8 Å². The number of nitrogens with one attached hydrogen (secondary N) is 3. The van der Waals surface area contributed by atoms with Crippen molar-refractivity contribution in [2.75, 3.05) is 6.54 Å². The molecule has 5 unspecified atom stereocenters. The molecule has 0 saturated heterocycles. The summed E-state index contributed by atoms with van der Waals surface area (Å²) in [6, 6.07) is -5.10. The molecule has 0 fully saturated rings. The molecule has 0 aromatic rings. The lowest BCUT2D eigenvalue weighted by molar-refractivity contribution is -0.142. The zero-order chi connectivity index (χ0) is 25.7. The van der Waals surface area contributed by atoms with E-state index >= 15 is 0 Å². The lowest BCUT2D eigenvalue weighted by atomic mass is 10.0. The van der Waals surface area contributed by atoms with E-state index in [2.05, 4.69) is 16.0 Å². The summed E-state index contributed by atoms with van der Waals surface area (Å²) >= 11 is 0. The summed E-state index contributed by atoms with van der Waals surface area (Å²) in [6.45, 7) is 5.26. The largest absolute Gasteiger partial charge is 0.480 e. The van der Waals surface area contributed by atoms with Gasteiger partial charge in [-0.25, -0.2) is 4.79 Å². The van der Waals surface area contributed by atoms with Gasteiger partial charge in [-0.1, -0.05) is 13.8 Å². The minimum absolute atomic E-state index is 0.0607. The smallest absolute Gasteiger partial charge is 0.326 e. The highest BCUT2D eigenvalue weighted by molar-refractivity contribution is 5.96. The maximum Gasteiger partial charge on any atom is 0.326 e. The van der Waals surface area contributed by atoms with Gasteiger partial charge in [0.1, 0.15) is 24.2 Å². The van der Waals surface area contributed by atoms with Crippen molar-refractivity contribution in [1.82, 2.24) is 16.0 Å². The van der Waals surface area contributed by atoms with Crippen LogP contribution in [0.15, 0.2) is 0 Å². The molecule has 0 rings (SSSR count). The second-order valence-corrected chi connectivity index (χ2v) is 8.37. The predicted octanol–water partition coefficient (Wildman–Crippen LogP) is -2.72. The van der Waals surface area contributed by atoms with E-state index in [4.69, 9.17) is 17.2 Å². The summed E-state index contributed by atoms with van der Waals surface area (Å²) in [4.78, 5) is 60.6. The predicted molar refractivity (Wildman–Crippen MR) is 119 cm³/mol. The van der Waals surface area contributed by atoms with Crippen molar-refractivity contribution in [1.29, 1.82) is 0 Å². The molecule has 0 spiro atoms. The third kappa shape index (κ3) is 12.2. The third-order valence-electron chi connectivity index (χ3n) is 4.76. The quantitative estimate of drug-likeness (QED) is 0.108. The minimum Gasteiger partial charge on any atom is -0.480 e. The van der Waals surface area contributed by atoms with Gasteiger partial charge in [-0.3, -0.25) is 19.2 Å². The van der Waals surface area contributed by atoms with E-state index in [1.807, 2.05) is 0 Å². The molecule has 0 aromatic heterocycles. The number of carbonyl (C=O) groups excluding carboxylic acids is 4. The van der Waals surface area contributed by atoms with Crippen LogP contribution in [0.4, 0.5) is 0 Å². The summed E-state index contributed by atoms with van der Waals surface area (Å²) in [7, 11) is 0. The van der Waals surface area contributed by atoms with E-state index in [0.717, 1.165) is 0 Å². The van der Waals surface area contributed by atoms with Crippen molar-refractivity contribution >= 4 is 29.6 Å². The number of aliphatic hydroxyl groups is 1. The van der Waals surface area contributed by atoms with Crippen LogP contribution in [0.25, 0.3) is 0 Å². The topological polar surface area (TPSA) is 240 Å². The van der Waals surface area contributed by atoms with Gasteiger partial charge in [0.2, 0.25) is 23.6 Å². The zero-order valence-electron chi connectivity index (χ0n) is 19.4. The van der Waals surface area contributed by atoms with E-state index in [1.165, 1.54) is 6.92 Å². The first kappa shape index (κ1) is 30.2. The zero-order valence-corrected chi connectivity index (χ0v) is 19.4. The Morgan fingerprint density at radius 2 is 1.36 bits per heavy atom. The summed E-state index contributed by atoms with van der Waals surface area (Å²) in [5.74, 6) is -4.66. The van der Waals surface area contributed by atoms with Crippen molar-refractivity contribution < 1.29 is 34.2 Å². The van der Waals surface area contributed by atoms with Crippen LogP contribution >= 0.6 is 0 Å². The molecule has 190 valence electrons. The third-order valence-corrected chi connectivity index (χ3v) is 4.76. The van der Waals surface area contributed by atoms with E-state index < -0.39 is 66.3 Å². The normalized spacial score (nSPS) is 15.6. The number of primary amides is 1. The molecule has 4 amide bonds. The number of carbonyl (C=O) groups is 5. The number of aliphatic hydroxyl groups excluding tert-OH is 1. The Labute approximate surface area is 193 Å². The first-order valence-corrected chi connectivity index (χ1v) is 10.9. The Hall–Kier alpha value is -2.77. The van der Waals surface area contributed by atoms with Gasteiger partial charge in [-0.05, 0) is 45.1 Å². The first-order valence-electron chi connectivity index (χ1n) is 10.9. The van der Waals surface area contributed by atoms with Crippen LogP contribution in [0.3, 0.4) is 0 Å². The van der Waals surface area contributed by atoms with Gasteiger partial charge in [0.15, 0.2) is 0 Å². The van der Waals surface area contributed by atoms with Crippen molar-refractivity contribution in [3.63, 3.8) is 0 Å². The molecule has 0 aliphatic rings. The average molecular weight is 475 g/mol. The maximum absolute atomic E-state index is 12.8. The summed E-state index contributed by atoms with van der Waals surface area (Å²) < 4.78 is 0. The molecular weight excluding hydrogens is 436 g/mol. The van der Waals surface area contributed by atoms with Gasteiger partial charge in [0.05, 0.1) is 12.5 Å². The number of aliphatic carboxylic acids is 1. The van der Waals surface area contributed by atoms with Crippen LogP contribution in [0, 0.1) is 5.92 Å². The van der Waals surface area contributed by atoms with Crippen LogP contribution < -0.4 is 33.2 Å². The Balaban J connectivity index is 5.48. The fraction of sp³-hybridized carbons (Fsp3) is 0.750. The number of hydrogen-bond acceptors (Lipinski definition) is 8. The van der Waals surface area contributed by atoms with Crippen LogP contribution in [0.2, 0.25) is 0 Å². The summed E-state index contributed by atoms with van der Waals surface area (Å²) in [6.07, 6.45) is -0.374. The number of amides is 4. The minimum atomic E-state index is -1.44. The molecule has 0 saturated carbocycles. The molecule has 13 heteroatoms. The van der Waals surface area contributed by atoms with E-state index in [-0.39, 0.29) is 18.8 Å². The molecule has 11 N–H and O–H groups in total. The molecule has 0 bridgehead atoms. The van der Waals surface area contributed by atoms with Crippen molar-refractivity contribution in [2.24, 2.45) is 23.1 Å². The average Bonchev–Trinajstić information content (AvgIpc) is 2.70. The number of carboxylic acid groups (broad SMARTS) is 1. The van der Waals surface area contributed by atoms with Crippen molar-refractivity contribution in [3.8, 4) is 0 Å². The number of nitrogens with two attached hydrogens (primary N) is 3.